The van der Waals surface area contributed by atoms with Crippen molar-refractivity contribution in [2.24, 2.45) is 0 Å². The van der Waals surface area contributed by atoms with Crippen molar-refractivity contribution in [3.63, 3.8) is 0 Å². The third kappa shape index (κ3) is 3.34. The molecule has 0 bridgehead atoms. The first-order valence-electron chi connectivity index (χ1n) is 10.5. The number of benzene rings is 2. The molecule has 4 heterocycles. The number of pyridine rings is 3. The largest absolute Gasteiger partial charge is 0.344 e. The fourth-order valence-corrected chi connectivity index (χ4v) is 4.00. The van der Waals surface area contributed by atoms with Crippen molar-refractivity contribution in [3.8, 4) is 33.6 Å². The van der Waals surface area contributed by atoms with E-state index in [4.69, 9.17) is 9.97 Å². The van der Waals surface area contributed by atoms with E-state index in [0.29, 0.717) is 28.1 Å². The molecule has 4 aromatic heterocycles. The molecule has 0 fully saturated rings. The number of nitrogens with zero attached hydrogens (tertiary/aromatic N) is 4. The standard InChI is InChI=1S/C27H17N5O/c33-26-21(17-10-13-28-14-11-17)16-30-27-25(26)31-24(23(32-27)18-5-2-1-3-6-18)20-8-9-22-19(15-20)7-4-12-29-22/h1-16H,(H,30,32,33). The van der Waals surface area contributed by atoms with Gasteiger partial charge in [-0.15, -0.1) is 0 Å². The second kappa shape index (κ2) is 7.76. The van der Waals surface area contributed by atoms with Gasteiger partial charge in [0.15, 0.2) is 11.2 Å². The maximum absolute atomic E-state index is 13.4. The molecular formula is C27H17N5O. The Bertz CT molecular complexity index is 1680. The highest BCUT2D eigenvalue weighted by molar-refractivity contribution is 5.90. The number of hydrogen-bond donors (Lipinski definition) is 1. The highest BCUT2D eigenvalue weighted by Crippen LogP contribution is 2.31. The molecule has 0 spiro atoms. The van der Waals surface area contributed by atoms with Gasteiger partial charge in [-0.05, 0) is 35.9 Å². The van der Waals surface area contributed by atoms with Crippen LogP contribution in [0.4, 0.5) is 0 Å². The van der Waals surface area contributed by atoms with Gasteiger partial charge in [0.1, 0.15) is 0 Å². The van der Waals surface area contributed by atoms with Crippen molar-refractivity contribution in [3.05, 3.63) is 108 Å². The molecule has 0 unspecified atom stereocenters. The van der Waals surface area contributed by atoms with Crippen LogP contribution in [0.5, 0.6) is 0 Å². The average Bonchev–Trinajstić information content (AvgIpc) is 2.89. The van der Waals surface area contributed by atoms with Crippen LogP contribution in [0.1, 0.15) is 0 Å². The highest BCUT2D eigenvalue weighted by Gasteiger charge is 2.17. The molecule has 0 amide bonds. The highest BCUT2D eigenvalue weighted by atomic mass is 16.1. The molecule has 1 N–H and O–H groups in total. The number of fused-ring (bicyclic) bond motifs is 2. The second-order valence-electron chi connectivity index (χ2n) is 7.66. The summed E-state index contributed by atoms with van der Waals surface area (Å²) in [6, 6.07) is 23.4. The van der Waals surface area contributed by atoms with E-state index in [-0.39, 0.29) is 5.43 Å². The van der Waals surface area contributed by atoms with Gasteiger partial charge in [0.2, 0.25) is 5.43 Å². The number of aromatic amines is 1. The topological polar surface area (TPSA) is 84.4 Å². The Morgan fingerprint density at radius 3 is 2.36 bits per heavy atom. The molecule has 2 aromatic carbocycles. The molecule has 156 valence electrons. The van der Waals surface area contributed by atoms with E-state index in [9.17, 15) is 4.79 Å². The van der Waals surface area contributed by atoms with Crippen molar-refractivity contribution in [1.29, 1.82) is 0 Å². The zero-order valence-corrected chi connectivity index (χ0v) is 17.4. The van der Waals surface area contributed by atoms with Gasteiger partial charge in [-0.25, -0.2) is 9.97 Å². The van der Waals surface area contributed by atoms with Crippen LogP contribution in [0.2, 0.25) is 0 Å². The minimum absolute atomic E-state index is 0.175. The minimum Gasteiger partial charge on any atom is -0.344 e. The number of aromatic nitrogens is 5. The molecule has 6 heteroatoms. The Hall–Kier alpha value is -4.71. The number of H-pyrrole nitrogens is 1. The van der Waals surface area contributed by atoms with Crippen LogP contribution in [0, 0.1) is 0 Å². The summed E-state index contributed by atoms with van der Waals surface area (Å²) in [4.78, 5) is 34.8. The first-order chi connectivity index (χ1) is 16.3. The van der Waals surface area contributed by atoms with E-state index >= 15 is 0 Å². The van der Waals surface area contributed by atoms with Gasteiger partial charge < -0.3 is 4.98 Å². The molecule has 0 radical (unpaired) electrons. The van der Waals surface area contributed by atoms with Gasteiger partial charge in [0.05, 0.1) is 16.9 Å². The van der Waals surface area contributed by atoms with Crippen LogP contribution < -0.4 is 5.43 Å². The fourth-order valence-electron chi connectivity index (χ4n) is 4.00. The van der Waals surface area contributed by atoms with Gasteiger partial charge in [-0.1, -0.05) is 42.5 Å². The van der Waals surface area contributed by atoms with Gasteiger partial charge in [0, 0.05) is 46.9 Å². The van der Waals surface area contributed by atoms with Crippen LogP contribution in [0.3, 0.4) is 0 Å². The second-order valence-corrected chi connectivity index (χ2v) is 7.66. The molecule has 0 aliphatic carbocycles. The number of nitrogens with one attached hydrogen (secondary N) is 1. The summed E-state index contributed by atoms with van der Waals surface area (Å²) in [6.45, 7) is 0. The maximum Gasteiger partial charge on any atom is 0.217 e. The zero-order valence-electron chi connectivity index (χ0n) is 17.4. The summed E-state index contributed by atoms with van der Waals surface area (Å²) >= 11 is 0. The normalized spacial score (nSPS) is 11.2. The quantitative estimate of drug-likeness (QED) is 0.416. The molecule has 0 saturated heterocycles. The van der Waals surface area contributed by atoms with Crippen LogP contribution >= 0.6 is 0 Å². The third-order valence-corrected chi connectivity index (χ3v) is 5.62. The minimum atomic E-state index is -0.175. The first-order valence-corrected chi connectivity index (χ1v) is 10.5. The van der Waals surface area contributed by atoms with Crippen molar-refractivity contribution in [2.45, 2.75) is 0 Å². The van der Waals surface area contributed by atoms with Crippen molar-refractivity contribution in [1.82, 2.24) is 24.9 Å². The molecular weight excluding hydrogens is 410 g/mol. The van der Waals surface area contributed by atoms with Gasteiger partial charge in [-0.3, -0.25) is 14.8 Å². The predicted molar refractivity (Wildman–Crippen MR) is 130 cm³/mol. The summed E-state index contributed by atoms with van der Waals surface area (Å²) in [7, 11) is 0. The van der Waals surface area contributed by atoms with Crippen LogP contribution in [-0.2, 0) is 0 Å². The predicted octanol–water partition coefficient (Wildman–Crippen LogP) is 5.26. The lowest BCUT2D eigenvalue weighted by atomic mass is 10.0. The lowest BCUT2D eigenvalue weighted by Crippen LogP contribution is -2.11. The maximum atomic E-state index is 13.4. The Kier molecular flexibility index (Phi) is 4.47. The third-order valence-electron chi connectivity index (χ3n) is 5.62. The SMILES string of the molecule is O=c1c(-c2ccncc2)c[nH]c2nc(-c3ccccc3)c(-c3ccc4ncccc4c3)nc12. The van der Waals surface area contributed by atoms with E-state index < -0.39 is 0 Å². The number of hydrogen-bond acceptors (Lipinski definition) is 5. The zero-order chi connectivity index (χ0) is 22.2. The molecule has 6 nitrogen and oxygen atoms in total. The van der Waals surface area contributed by atoms with Gasteiger partial charge in [-0.2, -0.15) is 0 Å². The molecule has 0 aliphatic heterocycles. The van der Waals surface area contributed by atoms with E-state index in [1.807, 2.05) is 60.7 Å². The summed E-state index contributed by atoms with van der Waals surface area (Å²) < 4.78 is 0. The van der Waals surface area contributed by atoms with Crippen molar-refractivity contribution >= 4 is 22.1 Å². The fraction of sp³-hybridized carbons (Fsp3) is 0. The lowest BCUT2D eigenvalue weighted by molar-refractivity contribution is 1.21. The molecule has 6 aromatic rings. The Morgan fingerprint density at radius 1 is 0.697 bits per heavy atom. The monoisotopic (exact) mass is 427 g/mol. The van der Waals surface area contributed by atoms with Crippen LogP contribution in [0.25, 0.3) is 55.7 Å². The molecule has 0 atom stereocenters. The molecule has 6 rings (SSSR count). The summed E-state index contributed by atoms with van der Waals surface area (Å²) in [5.41, 5.74) is 5.92. The van der Waals surface area contributed by atoms with Crippen LogP contribution in [-0.4, -0.2) is 24.9 Å². The first kappa shape index (κ1) is 19.0. The lowest BCUT2D eigenvalue weighted by Gasteiger charge is -2.11. The van der Waals surface area contributed by atoms with Crippen molar-refractivity contribution < 1.29 is 0 Å². The van der Waals surface area contributed by atoms with E-state index in [1.165, 1.54) is 0 Å². The Balaban J connectivity index is 1.65. The smallest absolute Gasteiger partial charge is 0.217 e. The van der Waals surface area contributed by atoms with Gasteiger partial charge >= 0.3 is 0 Å². The van der Waals surface area contributed by atoms with E-state index in [2.05, 4.69) is 15.0 Å². The average molecular weight is 427 g/mol. The number of rotatable bonds is 3. The van der Waals surface area contributed by atoms with E-state index in [0.717, 1.165) is 27.6 Å². The summed E-state index contributed by atoms with van der Waals surface area (Å²) in [5.74, 6) is 0. The van der Waals surface area contributed by atoms with Crippen molar-refractivity contribution in [2.75, 3.05) is 0 Å². The molecule has 33 heavy (non-hydrogen) atoms. The molecule has 0 saturated carbocycles. The molecule has 0 aliphatic rings. The summed E-state index contributed by atoms with van der Waals surface area (Å²) in [6.07, 6.45) is 6.79. The van der Waals surface area contributed by atoms with Gasteiger partial charge in [0.25, 0.3) is 0 Å². The van der Waals surface area contributed by atoms with E-state index in [1.54, 1.807) is 36.9 Å². The Morgan fingerprint density at radius 2 is 1.52 bits per heavy atom. The summed E-state index contributed by atoms with van der Waals surface area (Å²) in [5, 5.41) is 0.996. The van der Waals surface area contributed by atoms with Crippen LogP contribution in [0.15, 0.2) is 102 Å². The Labute approximate surface area is 188 Å².